The lowest BCUT2D eigenvalue weighted by atomic mass is 9.82. The molecule has 7 aromatic carbocycles. The quantitative estimate of drug-likeness (QED) is 0.183. The summed E-state index contributed by atoms with van der Waals surface area (Å²) in [6.07, 6.45) is 0. The summed E-state index contributed by atoms with van der Waals surface area (Å²) in [4.78, 5) is 10.4. The summed E-state index contributed by atoms with van der Waals surface area (Å²) in [6, 6.07) is 62.8. The predicted molar refractivity (Wildman–Crippen MR) is 216 cm³/mol. The molecule has 0 bridgehead atoms. The molecule has 10 rings (SSSR count). The lowest BCUT2D eigenvalue weighted by molar-refractivity contribution is 0.661. The third-order valence-corrected chi connectivity index (χ3v) is 10.8. The van der Waals surface area contributed by atoms with Crippen LogP contribution >= 0.6 is 0 Å². The summed E-state index contributed by atoms with van der Waals surface area (Å²) in [5.41, 5.74) is 16.0. The molecular formula is C49H35N3. The minimum Gasteiger partial charge on any atom is -0.309 e. The summed E-state index contributed by atoms with van der Waals surface area (Å²) < 4.78 is 2.45. The van der Waals surface area contributed by atoms with Crippen molar-refractivity contribution in [1.29, 1.82) is 0 Å². The summed E-state index contributed by atoms with van der Waals surface area (Å²) in [6.45, 7) is 4.70. The Morgan fingerprint density at radius 2 is 1.04 bits per heavy atom. The lowest BCUT2D eigenvalue weighted by Gasteiger charge is -2.21. The zero-order chi connectivity index (χ0) is 34.8. The number of hydrogen-bond acceptors (Lipinski definition) is 2. The molecule has 3 nitrogen and oxygen atoms in total. The Bertz CT molecular complexity index is 2790. The molecule has 0 spiro atoms. The van der Waals surface area contributed by atoms with Gasteiger partial charge in [0.15, 0.2) is 5.82 Å². The van der Waals surface area contributed by atoms with E-state index in [2.05, 4.69) is 182 Å². The zero-order valence-corrected chi connectivity index (χ0v) is 29.1. The normalized spacial score (nSPS) is 13.0. The molecule has 3 heteroatoms. The molecule has 9 aromatic rings. The smallest absolute Gasteiger partial charge is 0.160 e. The van der Waals surface area contributed by atoms with Gasteiger partial charge in [0, 0.05) is 44.1 Å². The highest BCUT2D eigenvalue weighted by Crippen LogP contribution is 2.52. The highest BCUT2D eigenvalue weighted by atomic mass is 15.0. The van der Waals surface area contributed by atoms with E-state index in [0.717, 1.165) is 33.8 Å². The molecule has 0 aliphatic heterocycles. The summed E-state index contributed by atoms with van der Waals surface area (Å²) in [7, 11) is 0. The molecule has 0 saturated heterocycles. The molecule has 0 atom stereocenters. The van der Waals surface area contributed by atoms with Crippen LogP contribution in [0.25, 0.3) is 83.6 Å². The van der Waals surface area contributed by atoms with Crippen molar-refractivity contribution < 1.29 is 0 Å². The van der Waals surface area contributed by atoms with Crippen molar-refractivity contribution in [1.82, 2.24) is 14.5 Å². The number of benzene rings is 7. The van der Waals surface area contributed by atoms with Gasteiger partial charge in [-0.3, -0.25) is 0 Å². The van der Waals surface area contributed by atoms with Crippen LogP contribution in [0, 0.1) is 0 Å². The first-order valence-corrected chi connectivity index (χ1v) is 17.9. The average molecular weight is 666 g/mol. The molecule has 2 aromatic heterocycles. The van der Waals surface area contributed by atoms with Crippen LogP contribution in [-0.2, 0) is 5.41 Å². The first kappa shape index (κ1) is 30.3. The van der Waals surface area contributed by atoms with Gasteiger partial charge in [-0.05, 0) is 52.1 Å². The standard InChI is InChI=1S/C49H35N3/c1-49(2)41-22-11-9-21-40(41)46-42(49)29-28-39-38-20-10-12-23-45(38)52(47(39)46)37-19-13-18-36(30-37)48-50-43(34-16-7-4-8-17-34)31-44(51-48)35-26-24-33(25-27-35)32-14-5-3-6-15-32/h3-31H,1-2H3. The maximum absolute atomic E-state index is 5.24. The molecule has 0 saturated carbocycles. The Balaban J connectivity index is 1.17. The largest absolute Gasteiger partial charge is 0.309 e. The molecule has 1 aliphatic carbocycles. The van der Waals surface area contributed by atoms with Crippen LogP contribution < -0.4 is 0 Å². The third-order valence-electron chi connectivity index (χ3n) is 10.8. The van der Waals surface area contributed by atoms with Crippen LogP contribution in [0.3, 0.4) is 0 Å². The second kappa shape index (κ2) is 11.8. The lowest BCUT2D eigenvalue weighted by Crippen LogP contribution is -2.14. The topological polar surface area (TPSA) is 30.7 Å². The van der Waals surface area contributed by atoms with Gasteiger partial charge in [-0.1, -0.05) is 166 Å². The van der Waals surface area contributed by atoms with E-state index in [-0.39, 0.29) is 5.41 Å². The highest BCUT2D eigenvalue weighted by Gasteiger charge is 2.37. The van der Waals surface area contributed by atoms with Crippen molar-refractivity contribution in [3.05, 3.63) is 187 Å². The van der Waals surface area contributed by atoms with Gasteiger partial charge < -0.3 is 4.57 Å². The highest BCUT2D eigenvalue weighted by molar-refractivity contribution is 6.15. The van der Waals surface area contributed by atoms with Gasteiger partial charge >= 0.3 is 0 Å². The summed E-state index contributed by atoms with van der Waals surface area (Å²) in [5.74, 6) is 0.697. The van der Waals surface area contributed by atoms with Crippen LogP contribution in [0.2, 0.25) is 0 Å². The summed E-state index contributed by atoms with van der Waals surface area (Å²) >= 11 is 0. The molecule has 0 amide bonds. The number of hydrogen-bond donors (Lipinski definition) is 0. The number of nitrogens with zero attached hydrogens (tertiary/aromatic N) is 3. The Hall–Kier alpha value is -6.58. The molecule has 0 unspecified atom stereocenters. The van der Waals surface area contributed by atoms with Crippen LogP contribution in [0.5, 0.6) is 0 Å². The fraction of sp³-hybridized carbons (Fsp3) is 0.0612. The predicted octanol–water partition coefficient (Wildman–Crippen LogP) is 12.5. The zero-order valence-electron chi connectivity index (χ0n) is 29.1. The van der Waals surface area contributed by atoms with Crippen LogP contribution in [0.15, 0.2) is 176 Å². The molecule has 0 fully saturated rings. The van der Waals surface area contributed by atoms with E-state index in [1.54, 1.807) is 0 Å². The second-order valence-corrected chi connectivity index (χ2v) is 14.2. The minimum atomic E-state index is -0.0926. The van der Waals surface area contributed by atoms with Gasteiger partial charge in [-0.2, -0.15) is 0 Å². The van der Waals surface area contributed by atoms with Crippen molar-refractivity contribution in [2.75, 3.05) is 0 Å². The number of fused-ring (bicyclic) bond motifs is 7. The van der Waals surface area contributed by atoms with E-state index in [9.17, 15) is 0 Å². The van der Waals surface area contributed by atoms with Gasteiger partial charge in [0.05, 0.1) is 22.4 Å². The first-order valence-electron chi connectivity index (χ1n) is 17.9. The van der Waals surface area contributed by atoms with E-state index in [0.29, 0.717) is 5.82 Å². The number of aromatic nitrogens is 3. The maximum atomic E-state index is 5.24. The average Bonchev–Trinajstić information content (AvgIpc) is 3.67. The van der Waals surface area contributed by atoms with Gasteiger partial charge in [-0.25, -0.2) is 9.97 Å². The Kier molecular flexibility index (Phi) is 6.84. The van der Waals surface area contributed by atoms with Crippen molar-refractivity contribution in [3.63, 3.8) is 0 Å². The van der Waals surface area contributed by atoms with Crippen LogP contribution in [0.4, 0.5) is 0 Å². The van der Waals surface area contributed by atoms with Crippen molar-refractivity contribution in [2.24, 2.45) is 0 Å². The van der Waals surface area contributed by atoms with Gasteiger partial charge in [0.2, 0.25) is 0 Å². The fourth-order valence-corrected chi connectivity index (χ4v) is 8.24. The third kappa shape index (κ3) is 4.74. The van der Waals surface area contributed by atoms with E-state index in [1.165, 1.54) is 55.2 Å². The minimum absolute atomic E-state index is 0.0926. The second-order valence-electron chi connectivity index (χ2n) is 14.2. The molecule has 2 heterocycles. The van der Waals surface area contributed by atoms with E-state index >= 15 is 0 Å². The van der Waals surface area contributed by atoms with Crippen LogP contribution in [0.1, 0.15) is 25.0 Å². The SMILES string of the molecule is CC1(C)c2ccccc2-c2c1ccc1c3ccccc3n(-c3cccc(-c4nc(-c5ccccc5)cc(-c5ccc(-c6ccccc6)cc5)n4)c3)c21. The molecular weight excluding hydrogens is 631 g/mol. The molecule has 0 radical (unpaired) electrons. The number of para-hydroxylation sites is 1. The van der Waals surface area contributed by atoms with Gasteiger partial charge in [-0.15, -0.1) is 0 Å². The molecule has 1 aliphatic rings. The Labute approximate surface area is 303 Å². The van der Waals surface area contributed by atoms with Crippen molar-refractivity contribution >= 4 is 21.8 Å². The van der Waals surface area contributed by atoms with Crippen LogP contribution in [-0.4, -0.2) is 14.5 Å². The number of rotatable bonds is 5. The molecule has 52 heavy (non-hydrogen) atoms. The summed E-state index contributed by atoms with van der Waals surface area (Å²) in [5, 5.41) is 2.51. The van der Waals surface area contributed by atoms with Gasteiger partial charge in [0.1, 0.15) is 0 Å². The monoisotopic (exact) mass is 665 g/mol. The van der Waals surface area contributed by atoms with E-state index in [4.69, 9.17) is 9.97 Å². The maximum Gasteiger partial charge on any atom is 0.160 e. The van der Waals surface area contributed by atoms with Gasteiger partial charge in [0.25, 0.3) is 0 Å². The molecule has 0 N–H and O–H groups in total. The Morgan fingerprint density at radius 1 is 0.442 bits per heavy atom. The Morgan fingerprint density at radius 3 is 1.81 bits per heavy atom. The van der Waals surface area contributed by atoms with Crippen molar-refractivity contribution in [2.45, 2.75) is 19.3 Å². The van der Waals surface area contributed by atoms with E-state index in [1.807, 2.05) is 12.1 Å². The first-order chi connectivity index (χ1) is 25.5. The van der Waals surface area contributed by atoms with Crippen molar-refractivity contribution in [3.8, 4) is 61.8 Å². The molecule has 246 valence electrons. The van der Waals surface area contributed by atoms with E-state index < -0.39 is 0 Å². The fourth-order valence-electron chi connectivity index (χ4n) is 8.24.